The molecule has 0 fully saturated rings. The SMILES string of the molecule is COC(=O)c1cc(F)c(C#C[Si](C)(C)C)cc1NC(=O)c1ccn2c(-c3cn[nH]c3)cnc2n1. The van der Waals surface area contributed by atoms with Gasteiger partial charge in [0.25, 0.3) is 5.91 Å². The molecule has 3 aromatic heterocycles. The highest BCUT2D eigenvalue weighted by Crippen LogP contribution is 2.23. The topological polar surface area (TPSA) is 114 Å². The van der Waals surface area contributed by atoms with Crippen molar-refractivity contribution >= 4 is 31.4 Å². The molecule has 0 bridgehead atoms. The fourth-order valence-corrected chi connectivity index (χ4v) is 3.60. The summed E-state index contributed by atoms with van der Waals surface area (Å²) < 4.78 is 21.1. The Kier molecular flexibility index (Phi) is 6.00. The summed E-state index contributed by atoms with van der Waals surface area (Å²) in [5.74, 6) is 1.07. The Morgan fingerprint density at radius 2 is 2.03 bits per heavy atom. The molecule has 0 aliphatic carbocycles. The molecule has 3 heterocycles. The number of halogens is 1. The molecule has 1 amide bonds. The van der Waals surface area contributed by atoms with Gasteiger partial charge in [0.2, 0.25) is 5.78 Å². The van der Waals surface area contributed by atoms with E-state index in [2.05, 4.69) is 36.9 Å². The number of imidazole rings is 1. The minimum Gasteiger partial charge on any atom is -0.465 e. The predicted molar refractivity (Wildman–Crippen MR) is 126 cm³/mol. The lowest BCUT2D eigenvalue weighted by molar-refractivity contribution is 0.0601. The van der Waals surface area contributed by atoms with Crippen LogP contribution < -0.4 is 5.32 Å². The number of ether oxygens (including phenoxy) is 1. The number of carbonyl (C=O) groups excluding carboxylic acids is 2. The molecule has 0 spiro atoms. The average Bonchev–Trinajstić information content (AvgIpc) is 3.47. The predicted octanol–water partition coefficient (Wildman–Crippen LogP) is 3.53. The minimum atomic E-state index is -1.78. The average molecular weight is 477 g/mol. The number of hydrogen-bond donors (Lipinski definition) is 2. The Labute approximate surface area is 195 Å². The zero-order valence-electron chi connectivity index (χ0n) is 18.9. The van der Waals surface area contributed by atoms with Gasteiger partial charge in [0, 0.05) is 18.0 Å². The van der Waals surface area contributed by atoms with Crippen molar-refractivity contribution in [1.29, 1.82) is 0 Å². The van der Waals surface area contributed by atoms with Crippen molar-refractivity contribution in [3.63, 3.8) is 0 Å². The van der Waals surface area contributed by atoms with E-state index in [4.69, 9.17) is 4.74 Å². The number of aromatic amines is 1. The van der Waals surface area contributed by atoms with Gasteiger partial charge < -0.3 is 10.1 Å². The number of amides is 1. The van der Waals surface area contributed by atoms with Gasteiger partial charge in [0.05, 0.1) is 42.0 Å². The summed E-state index contributed by atoms with van der Waals surface area (Å²) in [5, 5.41) is 9.29. The van der Waals surface area contributed by atoms with Gasteiger partial charge in [0.1, 0.15) is 19.6 Å². The zero-order chi connectivity index (χ0) is 24.5. The molecular formula is C23H21FN6O3Si. The van der Waals surface area contributed by atoms with Crippen molar-refractivity contribution < 1.29 is 18.7 Å². The van der Waals surface area contributed by atoms with Crippen LogP contribution in [-0.4, -0.2) is 51.6 Å². The molecule has 9 nitrogen and oxygen atoms in total. The molecule has 0 unspecified atom stereocenters. The van der Waals surface area contributed by atoms with Crippen LogP contribution in [0, 0.1) is 17.3 Å². The molecular weight excluding hydrogens is 455 g/mol. The third kappa shape index (κ3) is 4.72. The second kappa shape index (κ2) is 8.91. The van der Waals surface area contributed by atoms with Crippen molar-refractivity contribution in [1.82, 2.24) is 24.6 Å². The third-order valence-corrected chi connectivity index (χ3v) is 5.61. The number of aromatic nitrogens is 5. The summed E-state index contributed by atoms with van der Waals surface area (Å²) in [6.45, 7) is 6.08. The molecule has 2 N–H and O–H groups in total. The molecule has 0 saturated carbocycles. The number of benzene rings is 1. The van der Waals surface area contributed by atoms with Crippen LogP contribution in [0.3, 0.4) is 0 Å². The van der Waals surface area contributed by atoms with Crippen LogP contribution in [-0.2, 0) is 4.74 Å². The summed E-state index contributed by atoms with van der Waals surface area (Å²) in [4.78, 5) is 33.7. The standard InChI is InChI=1S/C23H21FN6O3Si/c1-33-22(32)16-10-17(24)14(6-8-34(2,3)4)9-19(16)28-21(31)18-5-7-30-20(13-25-23(30)29-18)15-11-26-27-12-15/h5,7,9-13H,1-4H3,(H,26,27)(H,28,31). The fourth-order valence-electron chi connectivity index (χ4n) is 3.09. The fraction of sp³-hybridized carbons (Fsp3) is 0.174. The molecule has 11 heteroatoms. The van der Waals surface area contributed by atoms with Gasteiger partial charge in [-0.3, -0.25) is 14.3 Å². The lowest BCUT2D eigenvalue weighted by Crippen LogP contribution is -2.18. The maximum absolute atomic E-state index is 14.6. The Morgan fingerprint density at radius 3 is 2.71 bits per heavy atom. The maximum Gasteiger partial charge on any atom is 0.340 e. The van der Waals surface area contributed by atoms with E-state index in [1.54, 1.807) is 29.2 Å². The van der Waals surface area contributed by atoms with Gasteiger partial charge >= 0.3 is 5.97 Å². The molecule has 34 heavy (non-hydrogen) atoms. The Balaban J connectivity index is 1.69. The monoisotopic (exact) mass is 476 g/mol. The number of nitrogens with zero attached hydrogens (tertiary/aromatic N) is 4. The number of esters is 1. The van der Waals surface area contributed by atoms with Crippen LogP contribution in [0.4, 0.5) is 10.1 Å². The first-order chi connectivity index (χ1) is 16.2. The normalized spacial score (nSPS) is 11.1. The number of nitrogens with one attached hydrogen (secondary N) is 2. The number of rotatable bonds is 4. The zero-order valence-corrected chi connectivity index (χ0v) is 19.9. The number of hydrogen-bond acceptors (Lipinski definition) is 6. The first-order valence-corrected chi connectivity index (χ1v) is 13.8. The van der Waals surface area contributed by atoms with E-state index in [-0.39, 0.29) is 22.5 Å². The quantitative estimate of drug-likeness (QED) is 0.265. The van der Waals surface area contributed by atoms with Gasteiger partial charge in [-0.15, -0.1) is 5.54 Å². The summed E-state index contributed by atoms with van der Waals surface area (Å²) in [5.41, 5.74) is 4.72. The lowest BCUT2D eigenvalue weighted by Gasteiger charge is -2.11. The van der Waals surface area contributed by atoms with E-state index in [1.165, 1.54) is 19.2 Å². The Bertz CT molecular complexity index is 1460. The maximum atomic E-state index is 14.6. The molecule has 4 aromatic rings. The number of anilines is 1. The molecule has 172 valence electrons. The Morgan fingerprint density at radius 1 is 1.24 bits per heavy atom. The third-order valence-electron chi connectivity index (χ3n) is 4.74. The van der Waals surface area contributed by atoms with E-state index in [0.29, 0.717) is 5.78 Å². The van der Waals surface area contributed by atoms with Crippen molar-refractivity contribution in [3.8, 4) is 22.7 Å². The van der Waals surface area contributed by atoms with E-state index < -0.39 is 25.8 Å². The number of fused-ring (bicyclic) bond motifs is 1. The van der Waals surface area contributed by atoms with Gasteiger partial charge in [-0.2, -0.15) is 5.10 Å². The van der Waals surface area contributed by atoms with Crippen LogP contribution in [0.5, 0.6) is 0 Å². The molecule has 1 aromatic carbocycles. The number of carbonyl (C=O) groups is 2. The molecule has 0 aliphatic rings. The molecule has 0 atom stereocenters. The summed E-state index contributed by atoms with van der Waals surface area (Å²) in [6.07, 6.45) is 6.64. The van der Waals surface area contributed by atoms with E-state index >= 15 is 0 Å². The van der Waals surface area contributed by atoms with Crippen molar-refractivity contribution in [3.05, 3.63) is 65.6 Å². The number of methoxy groups -OCH3 is 1. The van der Waals surface area contributed by atoms with E-state index in [0.717, 1.165) is 17.3 Å². The first kappa shape index (κ1) is 22.9. The Hall–Kier alpha value is -4.30. The van der Waals surface area contributed by atoms with Crippen LogP contribution in [0.15, 0.2) is 43.0 Å². The van der Waals surface area contributed by atoms with Crippen molar-refractivity contribution in [2.75, 3.05) is 12.4 Å². The van der Waals surface area contributed by atoms with Gasteiger partial charge in [-0.25, -0.2) is 19.2 Å². The van der Waals surface area contributed by atoms with Crippen molar-refractivity contribution in [2.45, 2.75) is 19.6 Å². The molecule has 0 radical (unpaired) electrons. The minimum absolute atomic E-state index is 0.0618. The molecule has 0 aliphatic heterocycles. The lowest BCUT2D eigenvalue weighted by atomic mass is 10.1. The highest BCUT2D eigenvalue weighted by Gasteiger charge is 2.20. The van der Waals surface area contributed by atoms with Gasteiger partial charge in [0.15, 0.2) is 0 Å². The molecule has 4 rings (SSSR count). The summed E-state index contributed by atoms with van der Waals surface area (Å²) in [7, 11) is -0.607. The van der Waals surface area contributed by atoms with Crippen LogP contribution >= 0.6 is 0 Å². The summed E-state index contributed by atoms with van der Waals surface area (Å²) in [6, 6.07) is 3.86. The van der Waals surface area contributed by atoms with Crippen molar-refractivity contribution in [2.24, 2.45) is 0 Å². The van der Waals surface area contributed by atoms with Crippen LogP contribution in [0.25, 0.3) is 17.0 Å². The second-order valence-corrected chi connectivity index (χ2v) is 13.2. The highest BCUT2D eigenvalue weighted by molar-refractivity contribution is 6.83. The highest BCUT2D eigenvalue weighted by atomic mass is 28.3. The largest absolute Gasteiger partial charge is 0.465 e. The van der Waals surface area contributed by atoms with Gasteiger partial charge in [-0.1, -0.05) is 25.6 Å². The van der Waals surface area contributed by atoms with Crippen LogP contribution in [0.2, 0.25) is 19.6 Å². The number of H-pyrrole nitrogens is 1. The molecule has 0 saturated heterocycles. The van der Waals surface area contributed by atoms with Crippen LogP contribution in [0.1, 0.15) is 26.4 Å². The first-order valence-electron chi connectivity index (χ1n) is 10.3. The van der Waals surface area contributed by atoms with E-state index in [9.17, 15) is 14.0 Å². The smallest absolute Gasteiger partial charge is 0.340 e. The van der Waals surface area contributed by atoms with E-state index in [1.807, 2.05) is 19.6 Å². The second-order valence-electron chi connectivity index (χ2n) is 8.44. The van der Waals surface area contributed by atoms with Gasteiger partial charge in [-0.05, 0) is 18.2 Å². The summed E-state index contributed by atoms with van der Waals surface area (Å²) >= 11 is 0.